The molecule has 1 heterocycles. The number of rotatable bonds is 4. The lowest BCUT2D eigenvalue weighted by atomic mass is 10.1. The molecule has 10 heteroatoms. The zero-order valence-electron chi connectivity index (χ0n) is 13.6. The highest BCUT2D eigenvalue weighted by Crippen LogP contribution is 2.32. The molecule has 3 rings (SSSR count). The van der Waals surface area contributed by atoms with Crippen LogP contribution >= 0.6 is 22.9 Å². The Morgan fingerprint density at radius 2 is 1.96 bits per heavy atom. The summed E-state index contributed by atoms with van der Waals surface area (Å²) in [5.41, 5.74) is 0.590. The summed E-state index contributed by atoms with van der Waals surface area (Å²) >= 11 is 7.09. The van der Waals surface area contributed by atoms with Gasteiger partial charge in [0.05, 0.1) is 21.2 Å². The molecule has 1 amide bonds. The number of hydrogen-bond donors (Lipinski definition) is 1. The van der Waals surface area contributed by atoms with Crippen LogP contribution in [0.1, 0.15) is 15.2 Å². The van der Waals surface area contributed by atoms with Gasteiger partial charge in [0.2, 0.25) is 0 Å². The Morgan fingerprint density at radius 1 is 1.22 bits per heavy atom. The van der Waals surface area contributed by atoms with E-state index in [1.54, 1.807) is 6.92 Å². The SMILES string of the molecule is Cc1sc(NC(=O)c2ccc([N+](=O)[O-])cc2Cl)nc1-c1ccc(F)c(F)c1. The molecule has 3 aromatic rings. The fourth-order valence-corrected chi connectivity index (χ4v) is 3.42. The summed E-state index contributed by atoms with van der Waals surface area (Å²) in [5.74, 6) is -2.56. The van der Waals surface area contributed by atoms with E-state index in [-0.39, 0.29) is 21.4 Å². The monoisotopic (exact) mass is 409 g/mol. The van der Waals surface area contributed by atoms with Gasteiger partial charge in [-0.15, -0.1) is 11.3 Å². The summed E-state index contributed by atoms with van der Waals surface area (Å²) in [7, 11) is 0. The maximum atomic E-state index is 13.4. The smallest absolute Gasteiger partial charge is 0.270 e. The van der Waals surface area contributed by atoms with Gasteiger partial charge in [0.1, 0.15) is 0 Å². The predicted molar refractivity (Wildman–Crippen MR) is 98.3 cm³/mol. The molecular weight excluding hydrogens is 400 g/mol. The predicted octanol–water partition coefficient (Wildman–Crippen LogP) is 5.21. The third kappa shape index (κ3) is 3.93. The molecule has 138 valence electrons. The van der Waals surface area contributed by atoms with Crippen molar-refractivity contribution in [2.75, 3.05) is 5.32 Å². The number of benzene rings is 2. The molecule has 27 heavy (non-hydrogen) atoms. The number of amides is 1. The number of halogens is 3. The van der Waals surface area contributed by atoms with Crippen molar-refractivity contribution in [2.24, 2.45) is 0 Å². The first-order valence-electron chi connectivity index (χ1n) is 7.44. The van der Waals surface area contributed by atoms with Crippen LogP contribution < -0.4 is 5.32 Å². The molecule has 0 bridgehead atoms. The summed E-state index contributed by atoms with van der Waals surface area (Å²) in [6.07, 6.45) is 0. The van der Waals surface area contributed by atoms with E-state index in [0.29, 0.717) is 16.1 Å². The number of nitro benzene ring substituents is 1. The van der Waals surface area contributed by atoms with Crippen molar-refractivity contribution < 1.29 is 18.5 Å². The van der Waals surface area contributed by atoms with Gasteiger partial charge in [0.25, 0.3) is 11.6 Å². The van der Waals surface area contributed by atoms with Gasteiger partial charge in [-0.05, 0) is 31.2 Å². The second kappa shape index (κ2) is 7.37. The van der Waals surface area contributed by atoms with Crippen LogP contribution in [0, 0.1) is 28.7 Å². The van der Waals surface area contributed by atoms with Gasteiger partial charge in [0.15, 0.2) is 16.8 Å². The van der Waals surface area contributed by atoms with Crippen LogP contribution in [0.4, 0.5) is 19.6 Å². The average molecular weight is 410 g/mol. The highest BCUT2D eigenvalue weighted by atomic mass is 35.5. The normalized spacial score (nSPS) is 10.7. The minimum atomic E-state index is -0.997. The van der Waals surface area contributed by atoms with Crippen molar-refractivity contribution in [3.8, 4) is 11.3 Å². The number of anilines is 1. The van der Waals surface area contributed by atoms with Crippen molar-refractivity contribution in [2.45, 2.75) is 6.92 Å². The summed E-state index contributed by atoms with van der Waals surface area (Å²) in [6, 6.07) is 6.90. The van der Waals surface area contributed by atoms with E-state index in [9.17, 15) is 23.7 Å². The lowest BCUT2D eigenvalue weighted by Gasteiger charge is -2.04. The third-order valence-corrected chi connectivity index (χ3v) is 4.82. The number of hydrogen-bond acceptors (Lipinski definition) is 5. The number of aromatic nitrogens is 1. The number of carbonyl (C=O) groups is 1. The maximum absolute atomic E-state index is 13.4. The van der Waals surface area contributed by atoms with Crippen molar-refractivity contribution in [3.63, 3.8) is 0 Å². The first-order chi connectivity index (χ1) is 12.8. The molecule has 0 atom stereocenters. The number of thiazole rings is 1. The van der Waals surface area contributed by atoms with Crippen molar-refractivity contribution in [3.05, 3.63) is 73.6 Å². The highest BCUT2D eigenvalue weighted by molar-refractivity contribution is 7.16. The van der Waals surface area contributed by atoms with Gasteiger partial charge >= 0.3 is 0 Å². The second-order valence-corrected chi connectivity index (χ2v) is 7.04. The van der Waals surface area contributed by atoms with Crippen molar-refractivity contribution in [1.29, 1.82) is 0 Å². The molecule has 1 N–H and O–H groups in total. The quantitative estimate of drug-likeness (QED) is 0.473. The molecule has 0 spiro atoms. The largest absolute Gasteiger partial charge is 0.298 e. The minimum absolute atomic E-state index is 0.0458. The van der Waals surface area contributed by atoms with Gasteiger partial charge in [0, 0.05) is 22.6 Å². The van der Waals surface area contributed by atoms with E-state index in [0.717, 1.165) is 29.5 Å². The number of nitrogens with zero attached hydrogens (tertiary/aromatic N) is 2. The van der Waals surface area contributed by atoms with Crippen LogP contribution in [-0.4, -0.2) is 15.8 Å². The Bertz CT molecular complexity index is 1070. The standard InChI is InChI=1S/C17H10ClF2N3O3S/c1-8-15(9-2-5-13(19)14(20)6-9)21-17(27-8)22-16(24)11-4-3-10(23(25)26)7-12(11)18/h2-7H,1H3,(H,21,22,24). The van der Waals surface area contributed by atoms with Crippen LogP contribution in [-0.2, 0) is 0 Å². The molecule has 0 radical (unpaired) electrons. The molecule has 1 aromatic heterocycles. The topological polar surface area (TPSA) is 85.1 Å². The molecule has 0 aliphatic carbocycles. The Hall–Kier alpha value is -2.91. The van der Waals surface area contributed by atoms with Crippen molar-refractivity contribution in [1.82, 2.24) is 4.98 Å². The maximum Gasteiger partial charge on any atom is 0.270 e. The zero-order chi connectivity index (χ0) is 19.7. The highest BCUT2D eigenvalue weighted by Gasteiger charge is 2.18. The summed E-state index contributed by atoms with van der Waals surface area (Å²) in [4.78, 5) is 27.4. The molecular formula is C17H10ClF2N3O3S. The number of nitrogens with one attached hydrogen (secondary N) is 1. The van der Waals surface area contributed by atoms with Crippen LogP contribution in [0.3, 0.4) is 0 Å². The number of aryl methyl sites for hydroxylation is 1. The number of non-ortho nitro benzene ring substituents is 1. The Labute approximate surface area is 160 Å². The van der Waals surface area contributed by atoms with E-state index in [1.165, 1.54) is 18.2 Å². The van der Waals surface area contributed by atoms with E-state index in [4.69, 9.17) is 11.6 Å². The van der Waals surface area contributed by atoms with Crippen LogP contribution in [0.25, 0.3) is 11.3 Å². The van der Waals surface area contributed by atoms with Gasteiger partial charge in [-0.25, -0.2) is 13.8 Å². The lowest BCUT2D eigenvalue weighted by molar-refractivity contribution is -0.384. The van der Waals surface area contributed by atoms with E-state index in [1.807, 2.05) is 0 Å². The Kier molecular flexibility index (Phi) is 5.15. The van der Waals surface area contributed by atoms with E-state index < -0.39 is 22.5 Å². The molecule has 0 saturated heterocycles. The van der Waals surface area contributed by atoms with E-state index >= 15 is 0 Å². The van der Waals surface area contributed by atoms with Gasteiger partial charge in [-0.2, -0.15) is 0 Å². The Morgan fingerprint density at radius 3 is 2.59 bits per heavy atom. The van der Waals surface area contributed by atoms with Crippen LogP contribution in [0.2, 0.25) is 5.02 Å². The summed E-state index contributed by atoms with van der Waals surface area (Å²) in [5, 5.41) is 13.4. The molecule has 0 aliphatic rings. The lowest BCUT2D eigenvalue weighted by Crippen LogP contribution is -2.12. The minimum Gasteiger partial charge on any atom is -0.298 e. The first-order valence-corrected chi connectivity index (χ1v) is 8.64. The van der Waals surface area contributed by atoms with E-state index in [2.05, 4.69) is 10.3 Å². The van der Waals surface area contributed by atoms with Gasteiger partial charge in [-0.1, -0.05) is 11.6 Å². The third-order valence-electron chi connectivity index (χ3n) is 3.62. The fourth-order valence-electron chi connectivity index (χ4n) is 2.33. The first kappa shape index (κ1) is 18.9. The fraction of sp³-hybridized carbons (Fsp3) is 0.0588. The second-order valence-electron chi connectivity index (χ2n) is 5.43. The van der Waals surface area contributed by atoms with Gasteiger partial charge < -0.3 is 0 Å². The molecule has 0 aliphatic heterocycles. The number of carbonyl (C=O) groups excluding carboxylic acids is 1. The summed E-state index contributed by atoms with van der Waals surface area (Å²) in [6.45, 7) is 1.72. The van der Waals surface area contributed by atoms with Crippen LogP contribution in [0.5, 0.6) is 0 Å². The average Bonchev–Trinajstić information content (AvgIpc) is 2.97. The Balaban J connectivity index is 1.85. The molecule has 0 fully saturated rings. The number of nitro groups is 1. The summed E-state index contributed by atoms with van der Waals surface area (Å²) < 4.78 is 26.5. The molecule has 2 aromatic carbocycles. The van der Waals surface area contributed by atoms with Crippen LogP contribution in [0.15, 0.2) is 36.4 Å². The zero-order valence-corrected chi connectivity index (χ0v) is 15.2. The molecule has 0 saturated carbocycles. The van der Waals surface area contributed by atoms with Gasteiger partial charge in [-0.3, -0.25) is 20.2 Å². The molecule has 0 unspecified atom stereocenters. The van der Waals surface area contributed by atoms with Crippen molar-refractivity contribution >= 4 is 39.7 Å². The molecule has 6 nitrogen and oxygen atoms in total.